The van der Waals surface area contributed by atoms with Crippen molar-refractivity contribution in [3.8, 4) is 0 Å². The van der Waals surface area contributed by atoms with Crippen LogP contribution in [0.15, 0.2) is 30.3 Å². The number of ketones is 1. The van der Waals surface area contributed by atoms with Gasteiger partial charge in [-0.15, -0.1) is 0 Å². The molecule has 0 aliphatic carbocycles. The third-order valence-corrected chi connectivity index (χ3v) is 4.34. The summed E-state index contributed by atoms with van der Waals surface area (Å²) in [7, 11) is 0. The van der Waals surface area contributed by atoms with Crippen molar-refractivity contribution in [1.82, 2.24) is 0 Å². The zero-order chi connectivity index (χ0) is 17.5. The molecule has 1 N–H and O–H groups in total. The van der Waals surface area contributed by atoms with Crippen molar-refractivity contribution in [1.29, 1.82) is 0 Å². The van der Waals surface area contributed by atoms with E-state index >= 15 is 0 Å². The summed E-state index contributed by atoms with van der Waals surface area (Å²) in [6.07, 6.45) is 13.0. The third-order valence-electron chi connectivity index (χ3n) is 4.34. The van der Waals surface area contributed by atoms with Gasteiger partial charge in [0, 0.05) is 19.3 Å². The lowest BCUT2D eigenvalue weighted by Gasteiger charge is -2.03. The molecule has 0 unspecified atom stereocenters. The average Bonchev–Trinajstić information content (AvgIpc) is 2.56. The van der Waals surface area contributed by atoms with E-state index in [1.165, 1.54) is 32.1 Å². The average molecular weight is 332 g/mol. The van der Waals surface area contributed by atoms with Crippen molar-refractivity contribution in [2.45, 2.75) is 83.5 Å². The molecule has 1 aromatic rings. The summed E-state index contributed by atoms with van der Waals surface area (Å²) >= 11 is 0. The van der Waals surface area contributed by atoms with Gasteiger partial charge in [-0.05, 0) is 18.4 Å². The molecule has 0 amide bonds. The molecular weight excluding hydrogens is 300 g/mol. The molecule has 0 spiro atoms. The lowest BCUT2D eigenvalue weighted by molar-refractivity contribution is -0.137. The maximum atomic E-state index is 11.9. The van der Waals surface area contributed by atoms with E-state index in [1.807, 2.05) is 30.3 Å². The molecule has 0 radical (unpaired) electrons. The number of carbonyl (C=O) groups excluding carboxylic acids is 1. The van der Waals surface area contributed by atoms with Gasteiger partial charge in [0.2, 0.25) is 0 Å². The van der Waals surface area contributed by atoms with E-state index in [2.05, 4.69) is 0 Å². The van der Waals surface area contributed by atoms with Gasteiger partial charge in [0.05, 0.1) is 0 Å². The Morgan fingerprint density at radius 2 is 1.12 bits per heavy atom. The van der Waals surface area contributed by atoms with Gasteiger partial charge < -0.3 is 5.11 Å². The second-order valence-corrected chi connectivity index (χ2v) is 6.63. The molecule has 0 atom stereocenters. The first kappa shape index (κ1) is 20.4. The smallest absolute Gasteiger partial charge is 0.303 e. The first-order valence-corrected chi connectivity index (χ1v) is 9.46. The van der Waals surface area contributed by atoms with Crippen molar-refractivity contribution >= 4 is 11.8 Å². The Kier molecular flexibility index (Phi) is 11.7. The molecule has 3 heteroatoms. The van der Waals surface area contributed by atoms with Crippen molar-refractivity contribution in [3.63, 3.8) is 0 Å². The minimum Gasteiger partial charge on any atom is -0.481 e. The summed E-state index contributed by atoms with van der Waals surface area (Å²) in [5, 5.41) is 8.54. The fourth-order valence-corrected chi connectivity index (χ4v) is 2.92. The molecule has 134 valence electrons. The van der Waals surface area contributed by atoms with Crippen LogP contribution in [0.4, 0.5) is 0 Å². The molecule has 0 saturated heterocycles. The van der Waals surface area contributed by atoms with E-state index in [9.17, 15) is 9.59 Å². The minimum atomic E-state index is -0.683. The van der Waals surface area contributed by atoms with Crippen LogP contribution in [0.3, 0.4) is 0 Å². The number of hydrogen-bond donors (Lipinski definition) is 1. The molecule has 3 nitrogen and oxygen atoms in total. The first-order valence-electron chi connectivity index (χ1n) is 9.46. The van der Waals surface area contributed by atoms with Crippen molar-refractivity contribution < 1.29 is 14.7 Å². The van der Waals surface area contributed by atoms with Crippen molar-refractivity contribution in [2.75, 3.05) is 0 Å². The Hall–Kier alpha value is -1.64. The number of carboxylic acids is 1. The van der Waals surface area contributed by atoms with Gasteiger partial charge in [-0.1, -0.05) is 81.7 Å². The number of carboxylic acid groups (broad SMARTS) is 1. The molecule has 0 saturated carbocycles. The zero-order valence-electron chi connectivity index (χ0n) is 14.8. The van der Waals surface area contributed by atoms with Gasteiger partial charge in [-0.25, -0.2) is 0 Å². The van der Waals surface area contributed by atoms with Crippen LogP contribution in [-0.2, 0) is 16.0 Å². The number of carbonyl (C=O) groups is 2. The van der Waals surface area contributed by atoms with Gasteiger partial charge in [-0.3, -0.25) is 9.59 Å². The standard InChI is InChI=1S/C21H32O3/c22-20(18-19-14-10-9-11-15-19)16-12-7-5-3-1-2-4-6-8-13-17-21(23)24/h9-11,14-15H,1-8,12-13,16-18H2,(H,23,24). The van der Waals surface area contributed by atoms with Gasteiger partial charge in [0.25, 0.3) is 0 Å². The molecule has 0 aliphatic heterocycles. The Morgan fingerprint density at radius 1 is 0.667 bits per heavy atom. The topological polar surface area (TPSA) is 54.4 Å². The van der Waals surface area contributed by atoms with Gasteiger partial charge in [0.1, 0.15) is 5.78 Å². The number of hydrogen-bond acceptors (Lipinski definition) is 2. The molecule has 24 heavy (non-hydrogen) atoms. The fraction of sp³-hybridized carbons (Fsp3) is 0.619. The van der Waals surface area contributed by atoms with E-state index in [1.54, 1.807) is 0 Å². The van der Waals surface area contributed by atoms with Crippen LogP contribution < -0.4 is 0 Å². The fourth-order valence-electron chi connectivity index (χ4n) is 2.92. The highest BCUT2D eigenvalue weighted by Crippen LogP contribution is 2.12. The highest BCUT2D eigenvalue weighted by molar-refractivity contribution is 5.80. The van der Waals surface area contributed by atoms with Crippen LogP contribution in [-0.4, -0.2) is 16.9 Å². The molecule has 1 aromatic carbocycles. The number of Topliss-reactive ketones (excluding diaryl/α,β-unsaturated/α-hetero) is 1. The lowest BCUT2D eigenvalue weighted by atomic mass is 10.0. The number of benzene rings is 1. The monoisotopic (exact) mass is 332 g/mol. The first-order chi connectivity index (χ1) is 11.7. The highest BCUT2D eigenvalue weighted by atomic mass is 16.4. The largest absolute Gasteiger partial charge is 0.481 e. The van der Waals surface area contributed by atoms with Crippen molar-refractivity contribution in [3.05, 3.63) is 35.9 Å². The van der Waals surface area contributed by atoms with E-state index in [0.29, 0.717) is 25.0 Å². The van der Waals surface area contributed by atoms with Crippen LogP contribution in [0.2, 0.25) is 0 Å². The zero-order valence-corrected chi connectivity index (χ0v) is 14.8. The molecule has 1 rings (SSSR count). The molecule has 0 heterocycles. The predicted octanol–water partition coefficient (Wildman–Crippen LogP) is 5.56. The maximum absolute atomic E-state index is 11.9. The third kappa shape index (κ3) is 11.9. The van der Waals surface area contributed by atoms with E-state index in [0.717, 1.165) is 37.7 Å². The van der Waals surface area contributed by atoms with Crippen LogP contribution in [0, 0.1) is 0 Å². The molecule has 0 aliphatic rings. The van der Waals surface area contributed by atoms with Crippen LogP contribution in [0.25, 0.3) is 0 Å². The number of aliphatic carboxylic acids is 1. The summed E-state index contributed by atoms with van der Waals surface area (Å²) in [5.74, 6) is -0.334. The van der Waals surface area contributed by atoms with Gasteiger partial charge in [-0.2, -0.15) is 0 Å². The summed E-state index contributed by atoms with van der Waals surface area (Å²) < 4.78 is 0. The van der Waals surface area contributed by atoms with Crippen LogP contribution in [0.5, 0.6) is 0 Å². The number of unbranched alkanes of at least 4 members (excludes halogenated alkanes) is 9. The van der Waals surface area contributed by atoms with Crippen LogP contribution in [0.1, 0.15) is 82.6 Å². The molecular formula is C21H32O3. The summed E-state index contributed by atoms with van der Waals surface area (Å²) in [4.78, 5) is 22.3. The second kappa shape index (κ2) is 13.8. The Bertz CT molecular complexity index is 453. The second-order valence-electron chi connectivity index (χ2n) is 6.63. The lowest BCUT2D eigenvalue weighted by Crippen LogP contribution is -2.02. The number of rotatable bonds is 15. The van der Waals surface area contributed by atoms with E-state index in [-0.39, 0.29) is 0 Å². The Balaban J connectivity index is 1.83. The summed E-state index contributed by atoms with van der Waals surface area (Å²) in [6, 6.07) is 9.97. The highest BCUT2D eigenvalue weighted by Gasteiger charge is 2.03. The van der Waals surface area contributed by atoms with Gasteiger partial charge >= 0.3 is 5.97 Å². The SMILES string of the molecule is O=C(O)CCCCCCCCCCCCC(=O)Cc1ccccc1. The predicted molar refractivity (Wildman–Crippen MR) is 98.2 cm³/mol. The van der Waals surface area contributed by atoms with Crippen molar-refractivity contribution in [2.24, 2.45) is 0 Å². The quantitative estimate of drug-likeness (QED) is 0.427. The van der Waals surface area contributed by atoms with E-state index < -0.39 is 5.97 Å². The molecule has 0 aromatic heterocycles. The molecule has 0 bridgehead atoms. The summed E-state index contributed by atoms with van der Waals surface area (Å²) in [6.45, 7) is 0. The van der Waals surface area contributed by atoms with Crippen LogP contribution >= 0.6 is 0 Å². The van der Waals surface area contributed by atoms with Gasteiger partial charge in [0.15, 0.2) is 0 Å². The normalized spacial score (nSPS) is 10.7. The minimum absolute atomic E-state index is 0.309. The maximum Gasteiger partial charge on any atom is 0.303 e. The molecule has 0 fully saturated rings. The Morgan fingerprint density at radius 3 is 1.62 bits per heavy atom. The summed E-state index contributed by atoms with van der Waals surface area (Å²) in [5.41, 5.74) is 1.12. The Labute approximate surface area is 146 Å². The van der Waals surface area contributed by atoms with E-state index in [4.69, 9.17) is 5.11 Å².